The Labute approximate surface area is 127 Å². The highest BCUT2D eigenvalue weighted by Gasteiger charge is 2.21. The number of ether oxygens (including phenoxy) is 1. The molecule has 0 spiro atoms. The minimum atomic E-state index is -0.789. The van der Waals surface area contributed by atoms with Gasteiger partial charge in [0, 0.05) is 12.5 Å². The summed E-state index contributed by atoms with van der Waals surface area (Å²) in [4.78, 5) is 26.6. The summed E-state index contributed by atoms with van der Waals surface area (Å²) in [6.45, 7) is 3.29. The van der Waals surface area contributed by atoms with E-state index in [4.69, 9.17) is 4.74 Å². The van der Waals surface area contributed by atoms with Crippen LogP contribution in [0.3, 0.4) is 0 Å². The van der Waals surface area contributed by atoms with E-state index in [-0.39, 0.29) is 5.69 Å². The first-order valence-corrected chi connectivity index (χ1v) is 6.99. The number of benzene rings is 2. The van der Waals surface area contributed by atoms with Crippen LogP contribution < -0.4 is 5.69 Å². The molecule has 0 aliphatic rings. The molecule has 0 radical (unpaired) electrons. The molecule has 1 N–H and O–H groups in total. The predicted octanol–water partition coefficient (Wildman–Crippen LogP) is 2.75. The van der Waals surface area contributed by atoms with Gasteiger partial charge < -0.3 is 9.72 Å². The van der Waals surface area contributed by atoms with Crippen molar-refractivity contribution in [2.45, 2.75) is 20.1 Å². The third kappa shape index (κ3) is 2.53. The quantitative estimate of drug-likeness (QED) is 0.756. The van der Waals surface area contributed by atoms with Gasteiger partial charge in [0.2, 0.25) is 6.23 Å². The van der Waals surface area contributed by atoms with Crippen molar-refractivity contribution in [2.24, 2.45) is 0 Å². The normalized spacial score (nSPS) is 12.3. The van der Waals surface area contributed by atoms with Crippen LogP contribution in [0.1, 0.15) is 24.3 Å². The lowest BCUT2D eigenvalue weighted by atomic mass is 10.2. The van der Waals surface area contributed by atoms with Crippen LogP contribution in [-0.4, -0.2) is 15.5 Å². The third-order valence-corrected chi connectivity index (χ3v) is 3.47. The number of carbonyl (C=O) groups excluding carboxylic acids is 1. The second kappa shape index (κ2) is 5.52. The van der Waals surface area contributed by atoms with Crippen molar-refractivity contribution in [1.82, 2.24) is 9.55 Å². The molecule has 0 bridgehead atoms. The van der Waals surface area contributed by atoms with Gasteiger partial charge in [-0.05, 0) is 24.6 Å². The van der Waals surface area contributed by atoms with Crippen LogP contribution in [0.15, 0.2) is 53.3 Å². The van der Waals surface area contributed by atoms with E-state index in [2.05, 4.69) is 4.98 Å². The molecule has 5 heteroatoms. The molecule has 0 aliphatic heterocycles. The summed E-state index contributed by atoms with van der Waals surface area (Å²) < 4.78 is 6.87. The van der Waals surface area contributed by atoms with Crippen LogP contribution in [0, 0.1) is 6.92 Å². The van der Waals surface area contributed by atoms with Gasteiger partial charge in [0.1, 0.15) is 0 Å². The Balaban J connectivity index is 2.22. The van der Waals surface area contributed by atoms with Crippen molar-refractivity contribution in [3.05, 3.63) is 70.1 Å². The highest BCUT2D eigenvalue weighted by molar-refractivity contribution is 5.76. The Kier molecular flexibility index (Phi) is 3.55. The monoisotopic (exact) mass is 296 g/mol. The van der Waals surface area contributed by atoms with Crippen LogP contribution >= 0.6 is 0 Å². The van der Waals surface area contributed by atoms with E-state index in [0.29, 0.717) is 5.52 Å². The summed E-state index contributed by atoms with van der Waals surface area (Å²) in [5.41, 5.74) is 2.89. The first kappa shape index (κ1) is 14.1. The average molecular weight is 296 g/mol. The number of hydrogen-bond donors (Lipinski definition) is 1. The topological polar surface area (TPSA) is 64.1 Å². The highest BCUT2D eigenvalue weighted by atomic mass is 16.6. The molecule has 0 aliphatic carbocycles. The molecule has 1 heterocycles. The molecule has 3 aromatic rings. The number of nitrogens with one attached hydrogen (secondary N) is 1. The fourth-order valence-corrected chi connectivity index (χ4v) is 2.52. The number of aromatic nitrogens is 2. The first-order chi connectivity index (χ1) is 10.6. The van der Waals surface area contributed by atoms with Gasteiger partial charge in [-0.25, -0.2) is 4.79 Å². The molecule has 0 amide bonds. The molecule has 0 saturated carbocycles. The smallest absolute Gasteiger partial charge is 0.329 e. The van der Waals surface area contributed by atoms with E-state index >= 15 is 0 Å². The Morgan fingerprint density at radius 3 is 2.59 bits per heavy atom. The summed E-state index contributed by atoms with van der Waals surface area (Å²) >= 11 is 0. The maximum atomic E-state index is 12.4. The molecule has 1 aromatic heterocycles. The maximum Gasteiger partial charge on any atom is 0.329 e. The van der Waals surface area contributed by atoms with E-state index in [1.807, 2.05) is 55.5 Å². The zero-order valence-electron chi connectivity index (χ0n) is 12.4. The number of carbonyl (C=O) groups is 1. The summed E-state index contributed by atoms with van der Waals surface area (Å²) in [7, 11) is 0. The van der Waals surface area contributed by atoms with Crippen LogP contribution in [-0.2, 0) is 9.53 Å². The molecule has 1 atom stereocenters. The van der Waals surface area contributed by atoms with Crippen molar-refractivity contribution in [2.75, 3.05) is 0 Å². The fourth-order valence-electron chi connectivity index (χ4n) is 2.52. The molecule has 5 nitrogen and oxygen atoms in total. The minimum absolute atomic E-state index is 0.310. The highest BCUT2D eigenvalue weighted by Crippen LogP contribution is 2.23. The van der Waals surface area contributed by atoms with E-state index < -0.39 is 12.2 Å². The van der Waals surface area contributed by atoms with E-state index in [1.54, 1.807) is 0 Å². The summed E-state index contributed by atoms with van der Waals surface area (Å²) in [5, 5.41) is 0. The number of fused-ring (bicyclic) bond motifs is 1. The van der Waals surface area contributed by atoms with Gasteiger partial charge >= 0.3 is 11.7 Å². The molecule has 112 valence electrons. The molecular weight excluding hydrogens is 280 g/mol. The Morgan fingerprint density at radius 2 is 1.91 bits per heavy atom. The van der Waals surface area contributed by atoms with Crippen LogP contribution in [0.4, 0.5) is 0 Å². The predicted molar refractivity (Wildman–Crippen MR) is 83.6 cm³/mol. The number of imidazole rings is 1. The molecule has 2 aromatic carbocycles. The van der Waals surface area contributed by atoms with Crippen molar-refractivity contribution in [1.29, 1.82) is 0 Å². The van der Waals surface area contributed by atoms with Crippen LogP contribution in [0.2, 0.25) is 0 Å². The second-order valence-corrected chi connectivity index (χ2v) is 5.19. The van der Waals surface area contributed by atoms with Crippen molar-refractivity contribution < 1.29 is 9.53 Å². The second-order valence-electron chi connectivity index (χ2n) is 5.19. The van der Waals surface area contributed by atoms with Gasteiger partial charge in [0.25, 0.3) is 0 Å². The summed E-state index contributed by atoms with van der Waals surface area (Å²) in [6, 6.07) is 14.9. The van der Waals surface area contributed by atoms with E-state index in [1.165, 1.54) is 11.5 Å². The Hall–Kier alpha value is -2.82. The summed E-state index contributed by atoms with van der Waals surface area (Å²) in [5.74, 6) is -0.442. The van der Waals surface area contributed by atoms with Gasteiger partial charge in [-0.2, -0.15) is 0 Å². The van der Waals surface area contributed by atoms with Crippen LogP contribution in [0.5, 0.6) is 0 Å². The lowest BCUT2D eigenvalue weighted by molar-refractivity contribution is -0.148. The largest absolute Gasteiger partial charge is 0.437 e. The van der Waals surface area contributed by atoms with Crippen molar-refractivity contribution in [3.8, 4) is 0 Å². The Bertz CT molecular complexity index is 878. The standard InChI is InChI=1S/C17H16N2O3/c1-11-8-9-15-14(10-11)18-17(21)19(15)16(22-12(2)20)13-6-4-3-5-7-13/h3-10,16H,1-2H3,(H,18,21). The van der Waals surface area contributed by atoms with Gasteiger partial charge in [-0.3, -0.25) is 9.36 Å². The zero-order valence-corrected chi connectivity index (χ0v) is 12.4. The van der Waals surface area contributed by atoms with Gasteiger partial charge in [-0.1, -0.05) is 36.4 Å². The van der Waals surface area contributed by atoms with Crippen molar-refractivity contribution in [3.63, 3.8) is 0 Å². The zero-order chi connectivity index (χ0) is 15.7. The third-order valence-electron chi connectivity index (χ3n) is 3.47. The first-order valence-electron chi connectivity index (χ1n) is 6.99. The average Bonchev–Trinajstić information content (AvgIpc) is 2.80. The number of rotatable bonds is 3. The lowest BCUT2D eigenvalue weighted by Crippen LogP contribution is -2.26. The lowest BCUT2D eigenvalue weighted by Gasteiger charge is -2.19. The molecule has 1 unspecified atom stereocenters. The van der Waals surface area contributed by atoms with E-state index in [0.717, 1.165) is 16.6 Å². The SMILES string of the molecule is CC(=O)OC(c1ccccc1)n1c(=O)[nH]c2cc(C)ccc21. The van der Waals surface area contributed by atoms with Gasteiger partial charge in [-0.15, -0.1) is 0 Å². The van der Waals surface area contributed by atoms with Crippen LogP contribution in [0.25, 0.3) is 11.0 Å². The Morgan fingerprint density at radius 1 is 1.18 bits per heavy atom. The van der Waals surface area contributed by atoms with Crippen molar-refractivity contribution >= 4 is 17.0 Å². The van der Waals surface area contributed by atoms with Gasteiger partial charge in [0.15, 0.2) is 0 Å². The number of esters is 1. The number of hydrogen-bond acceptors (Lipinski definition) is 3. The number of aryl methyl sites for hydroxylation is 1. The van der Waals surface area contributed by atoms with Gasteiger partial charge in [0.05, 0.1) is 11.0 Å². The molecule has 0 saturated heterocycles. The number of nitrogens with zero attached hydrogens (tertiary/aromatic N) is 1. The molecule has 0 fully saturated rings. The fraction of sp³-hybridized carbons (Fsp3) is 0.176. The molecule has 22 heavy (non-hydrogen) atoms. The van der Waals surface area contributed by atoms with E-state index in [9.17, 15) is 9.59 Å². The number of aromatic amines is 1. The molecular formula is C17H16N2O3. The minimum Gasteiger partial charge on any atom is -0.437 e. The molecule has 3 rings (SSSR count). The number of H-pyrrole nitrogens is 1. The summed E-state index contributed by atoms with van der Waals surface area (Å²) in [6.07, 6.45) is -0.789. The maximum absolute atomic E-state index is 12.4.